The number of aryl methyl sites for hydroxylation is 2. The van der Waals surface area contributed by atoms with E-state index < -0.39 is 5.97 Å². The summed E-state index contributed by atoms with van der Waals surface area (Å²) in [5.74, 6) is -0.882. The summed E-state index contributed by atoms with van der Waals surface area (Å²) >= 11 is 7.62. The van der Waals surface area contributed by atoms with E-state index in [1.54, 1.807) is 23.9 Å². The Morgan fingerprint density at radius 3 is 2.45 bits per heavy atom. The van der Waals surface area contributed by atoms with Crippen LogP contribution in [0.25, 0.3) is 42.8 Å². The van der Waals surface area contributed by atoms with Crippen LogP contribution in [0.15, 0.2) is 53.3 Å². The normalized spacial score (nSPS) is 11.5. The molecule has 0 spiro atoms. The van der Waals surface area contributed by atoms with E-state index in [-0.39, 0.29) is 12.0 Å². The largest absolute Gasteiger partial charge is 0.481 e. The number of nitrogens with zero attached hydrogens (tertiary/aromatic N) is 3. The van der Waals surface area contributed by atoms with Crippen LogP contribution >= 0.6 is 22.9 Å². The van der Waals surface area contributed by atoms with Crippen LogP contribution in [0.3, 0.4) is 0 Å². The Hall–Kier alpha value is -3.42. The Labute approximate surface area is 198 Å². The van der Waals surface area contributed by atoms with Crippen molar-refractivity contribution in [3.8, 4) is 21.7 Å². The number of carbonyl (C=O) groups is 1. The van der Waals surface area contributed by atoms with E-state index in [0.717, 1.165) is 48.6 Å². The van der Waals surface area contributed by atoms with Crippen molar-refractivity contribution in [2.75, 3.05) is 0 Å². The topological polar surface area (TPSA) is 77.1 Å². The molecule has 0 unspecified atom stereocenters. The van der Waals surface area contributed by atoms with Gasteiger partial charge < -0.3 is 5.11 Å². The number of thiazole rings is 1. The second kappa shape index (κ2) is 7.86. The number of aliphatic carboxylic acids is 1. The Balaban J connectivity index is 1.77. The van der Waals surface area contributed by atoms with Crippen molar-refractivity contribution in [2.24, 2.45) is 14.1 Å². The molecular weight excluding hydrogens is 458 g/mol. The van der Waals surface area contributed by atoms with Crippen molar-refractivity contribution in [1.29, 1.82) is 0 Å². The molecule has 166 valence electrons. The molecule has 33 heavy (non-hydrogen) atoms. The second-order valence-electron chi connectivity index (χ2n) is 8.08. The first-order chi connectivity index (χ1) is 15.7. The number of hydrogen-bond donors (Lipinski definition) is 1. The molecule has 5 rings (SSSR count). The monoisotopic (exact) mass is 477 g/mol. The fraction of sp³-hybridized carbons (Fsp3) is 0.160. The molecule has 1 N–H and O–H groups in total. The van der Waals surface area contributed by atoms with Gasteiger partial charge in [0.2, 0.25) is 0 Å². The number of carboxylic acid groups (broad SMARTS) is 1. The van der Waals surface area contributed by atoms with Crippen molar-refractivity contribution in [3.63, 3.8) is 0 Å². The summed E-state index contributed by atoms with van der Waals surface area (Å²) in [4.78, 5) is 28.9. The third-order valence-corrected chi connectivity index (χ3v) is 7.43. The molecule has 2 aromatic heterocycles. The Kier molecular flexibility index (Phi) is 5.11. The number of hydrogen-bond acceptors (Lipinski definition) is 4. The molecule has 8 heteroatoms. The van der Waals surface area contributed by atoms with Crippen molar-refractivity contribution in [1.82, 2.24) is 14.3 Å². The minimum atomic E-state index is -0.882. The maximum Gasteiger partial charge on any atom is 0.307 e. The standard InChI is InChI=1S/C25H20ClN3O3S/c1-13-10-19-23(22(18(13)12-21(30)31)14-4-7-16(26)8-5-14)33-24(27-19)15-6-9-17-20(11-15)28(2)29(3)25(17)32/h4-11H,12H2,1-3H3,(H,30,31). The summed E-state index contributed by atoms with van der Waals surface area (Å²) in [5.41, 5.74) is 5.95. The zero-order valence-corrected chi connectivity index (χ0v) is 19.8. The lowest BCUT2D eigenvalue weighted by atomic mass is 9.93. The molecule has 0 bridgehead atoms. The van der Waals surface area contributed by atoms with Gasteiger partial charge in [-0.25, -0.2) is 4.98 Å². The van der Waals surface area contributed by atoms with Crippen LogP contribution in [0.5, 0.6) is 0 Å². The van der Waals surface area contributed by atoms with E-state index in [4.69, 9.17) is 16.6 Å². The highest BCUT2D eigenvalue weighted by Crippen LogP contribution is 2.41. The predicted octanol–water partition coefficient (Wildman–Crippen LogP) is 5.41. The first kappa shape index (κ1) is 21.4. The highest BCUT2D eigenvalue weighted by Gasteiger charge is 2.20. The van der Waals surface area contributed by atoms with Crippen LogP contribution in [-0.4, -0.2) is 25.4 Å². The van der Waals surface area contributed by atoms with E-state index in [9.17, 15) is 14.7 Å². The molecule has 5 aromatic rings. The number of benzene rings is 3. The van der Waals surface area contributed by atoms with E-state index in [0.29, 0.717) is 10.4 Å². The van der Waals surface area contributed by atoms with Crippen molar-refractivity contribution in [3.05, 3.63) is 75.0 Å². The third kappa shape index (κ3) is 3.53. The molecule has 2 heterocycles. The minimum Gasteiger partial charge on any atom is -0.481 e. The smallest absolute Gasteiger partial charge is 0.307 e. The SMILES string of the molecule is Cc1cc2nc(-c3ccc4c(=O)n(C)n(C)c4c3)sc2c(-c2ccc(Cl)cc2)c1CC(=O)O. The lowest BCUT2D eigenvalue weighted by Crippen LogP contribution is -2.16. The molecular formula is C25H20ClN3O3S. The average Bonchev–Trinajstić information content (AvgIpc) is 3.29. The molecule has 0 aliphatic rings. The Bertz CT molecular complexity index is 1630. The first-order valence-corrected chi connectivity index (χ1v) is 11.5. The Morgan fingerprint density at radius 1 is 1.06 bits per heavy atom. The molecule has 3 aromatic carbocycles. The molecule has 0 atom stereocenters. The zero-order chi connectivity index (χ0) is 23.4. The lowest BCUT2D eigenvalue weighted by Gasteiger charge is -2.13. The molecule has 0 amide bonds. The summed E-state index contributed by atoms with van der Waals surface area (Å²) in [5, 5.41) is 11.6. The summed E-state index contributed by atoms with van der Waals surface area (Å²) in [6.07, 6.45) is -0.0783. The molecule has 0 fully saturated rings. The van der Waals surface area contributed by atoms with Gasteiger partial charge in [-0.3, -0.25) is 19.0 Å². The average molecular weight is 478 g/mol. The van der Waals surface area contributed by atoms with Crippen LogP contribution in [-0.2, 0) is 25.3 Å². The number of rotatable bonds is 4. The van der Waals surface area contributed by atoms with Crippen molar-refractivity contribution in [2.45, 2.75) is 13.3 Å². The zero-order valence-electron chi connectivity index (χ0n) is 18.2. The highest BCUT2D eigenvalue weighted by atomic mass is 35.5. The quantitative estimate of drug-likeness (QED) is 0.375. The number of carboxylic acids is 1. The highest BCUT2D eigenvalue weighted by molar-refractivity contribution is 7.22. The van der Waals surface area contributed by atoms with Gasteiger partial charge in [0.15, 0.2) is 0 Å². The predicted molar refractivity (Wildman–Crippen MR) is 133 cm³/mol. The van der Waals surface area contributed by atoms with Crippen LogP contribution in [0.1, 0.15) is 11.1 Å². The number of halogens is 1. The maximum absolute atomic E-state index is 12.4. The molecule has 0 radical (unpaired) electrons. The second-order valence-corrected chi connectivity index (χ2v) is 9.51. The van der Waals surface area contributed by atoms with Gasteiger partial charge in [0, 0.05) is 30.2 Å². The summed E-state index contributed by atoms with van der Waals surface area (Å²) in [7, 11) is 3.59. The molecule has 0 aliphatic carbocycles. The maximum atomic E-state index is 12.4. The third-order valence-electron chi connectivity index (χ3n) is 6.04. The van der Waals surface area contributed by atoms with Gasteiger partial charge in [-0.15, -0.1) is 11.3 Å². The van der Waals surface area contributed by atoms with E-state index in [1.165, 1.54) is 11.3 Å². The Morgan fingerprint density at radius 2 is 1.76 bits per heavy atom. The summed E-state index contributed by atoms with van der Waals surface area (Å²) < 4.78 is 4.33. The minimum absolute atomic E-state index is 0.0395. The van der Waals surface area contributed by atoms with Gasteiger partial charge in [0.05, 0.1) is 27.5 Å². The molecule has 0 saturated heterocycles. The number of aromatic nitrogens is 3. The van der Waals surface area contributed by atoms with Gasteiger partial charge in [-0.05, 0) is 53.9 Å². The van der Waals surface area contributed by atoms with E-state index >= 15 is 0 Å². The van der Waals surface area contributed by atoms with Crippen molar-refractivity contribution < 1.29 is 9.90 Å². The van der Waals surface area contributed by atoms with Crippen molar-refractivity contribution >= 4 is 50.0 Å². The number of fused-ring (bicyclic) bond motifs is 2. The lowest BCUT2D eigenvalue weighted by molar-refractivity contribution is -0.136. The summed E-state index contributed by atoms with van der Waals surface area (Å²) in [6, 6.07) is 15.1. The van der Waals surface area contributed by atoms with E-state index in [2.05, 4.69) is 0 Å². The summed E-state index contributed by atoms with van der Waals surface area (Å²) in [6.45, 7) is 1.92. The van der Waals surface area contributed by atoms with Crippen LogP contribution in [0, 0.1) is 6.92 Å². The van der Waals surface area contributed by atoms with Gasteiger partial charge >= 0.3 is 5.97 Å². The molecule has 6 nitrogen and oxygen atoms in total. The fourth-order valence-electron chi connectivity index (χ4n) is 4.25. The van der Waals surface area contributed by atoms with Crippen LogP contribution in [0.2, 0.25) is 5.02 Å². The first-order valence-electron chi connectivity index (χ1n) is 10.3. The van der Waals surface area contributed by atoms with Crippen LogP contribution < -0.4 is 5.56 Å². The fourth-order valence-corrected chi connectivity index (χ4v) is 5.51. The van der Waals surface area contributed by atoms with Gasteiger partial charge in [0.1, 0.15) is 5.01 Å². The van der Waals surface area contributed by atoms with Gasteiger partial charge in [-0.2, -0.15) is 0 Å². The molecule has 0 aliphatic heterocycles. The van der Waals surface area contributed by atoms with Gasteiger partial charge in [-0.1, -0.05) is 29.8 Å². The van der Waals surface area contributed by atoms with E-state index in [1.807, 2.05) is 55.1 Å². The van der Waals surface area contributed by atoms with Crippen LogP contribution in [0.4, 0.5) is 0 Å². The molecule has 0 saturated carbocycles. The van der Waals surface area contributed by atoms with Gasteiger partial charge in [0.25, 0.3) is 5.56 Å².